The summed E-state index contributed by atoms with van der Waals surface area (Å²) in [6, 6.07) is 15.3. The largest absolute Gasteiger partial charge is 0.226 e. The molecular weight excluding hydrogens is 293 g/mol. The van der Waals surface area contributed by atoms with Crippen molar-refractivity contribution in [1.82, 2.24) is 14.8 Å². The molecule has 3 rings (SSSR count). The molecule has 0 amide bonds. The fourth-order valence-electron chi connectivity index (χ4n) is 1.89. The molecule has 0 radical (unpaired) electrons. The molecule has 0 saturated heterocycles. The fourth-order valence-corrected chi connectivity index (χ4v) is 2.30. The lowest BCUT2D eigenvalue weighted by Crippen LogP contribution is -1.96. The lowest BCUT2D eigenvalue weighted by atomic mass is 10.2. The van der Waals surface area contributed by atoms with Gasteiger partial charge in [-0.3, -0.25) is 0 Å². The molecule has 0 atom stereocenters. The first kappa shape index (κ1) is 13.2. The predicted molar refractivity (Wildman–Crippen MR) is 81.6 cm³/mol. The number of halogens is 2. The molecule has 0 N–H and O–H groups in total. The maximum Gasteiger partial charge on any atom is 0.226 e. The van der Waals surface area contributed by atoms with Crippen LogP contribution in [0.15, 0.2) is 48.5 Å². The van der Waals surface area contributed by atoms with Crippen molar-refractivity contribution >= 4 is 23.2 Å². The van der Waals surface area contributed by atoms with Gasteiger partial charge < -0.3 is 0 Å². The third kappa shape index (κ3) is 2.55. The normalized spacial score (nSPS) is 10.8. The summed E-state index contributed by atoms with van der Waals surface area (Å²) in [7, 11) is 0. The van der Waals surface area contributed by atoms with Crippen LogP contribution in [-0.4, -0.2) is 14.8 Å². The zero-order chi connectivity index (χ0) is 14.1. The Labute approximate surface area is 126 Å². The van der Waals surface area contributed by atoms with Crippen LogP contribution in [0.2, 0.25) is 10.3 Å². The fraction of sp³-hybridized carbons (Fsp3) is 0.0667. The lowest BCUT2D eigenvalue weighted by Gasteiger charge is -2.01. The minimum absolute atomic E-state index is 0.323. The summed E-state index contributed by atoms with van der Waals surface area (Å²) in [5.74, 6) is 0.554. The molecule has 100 valence electrons. The van der Waals surface area contributed by atoms with Gasteiger partial charge in [-0.05, 0) is 42.8 Å². The van der Waals surface area contributed by atoms with Crippen LogP contribution in [0.3, 0.4) is 0 Å². The van der Waals surface area contributed by atoms with Gasteiger partial charge in [0.05, 0.1) is 5.69 Å². The van der Waals surface area contributed by atoms with E-state index in [1.165, 1.54) is 5.56 Å². The van der Waals surface area contributed by atoms with Crippen LogP contribution in [0.1, 0.15) is 5.56 Å². The Morgan fingerprint density at radius 1 is 1.00 bits per heavy atom. The SMILES string of the molecule is Cc1ccc(-n2nc(-c3cccc(Cl)c3)nc2Cl)cc1. The average Bonchev–Trinajstić information content (AvgIpc) is 2.82. The Hall–Kier alpha value is -1.84. The molecule has 1 heterocycles. The van der Waals surface area contributed by atoms with Gasteiger partial charge in [-0.2, -0.15) is 4.98 Å². The van der Waals surface area contributed by atoms with Crippen molar-refractivity contribution in [1.29, 1.82) is 0 Å². The summed E-state index contributed by atoms with van der Waals surface area (Å²) in [5.41, 5.74) is 2.90. The van der Waals surface area contributed by atoms with Gasteiger partial charge >= 0.3 is 0 Å². The molecule has 2 aromatic carbocycles. The maximum atomic E-state index is 6.17. The number of rotatable bonds is 2. The molecule has 1 aromatic heterocycles. The molecule has 0 spiro atoms. The van der Waals surface area contributed by atoms with Gasteiger partial charge in [-0.25, -0.2) is 4.68 Å². The van der Waals surface area contributed by atoms with Crippen LogP contribution < -0.4 is 0 Å². The summed E-state index contributed by atoms with van der Waals surface area (Å²) >= 11 is 12.1. The van der Waals surface area contributed by atoms with Crippen LogP contribution in [0.5, 0.6) is 0 Å². The minimum atomic E-state index is 0.323. The van der Waals surface area contributed by atoms with E-state index in [1.54, 1.807) is 4.68 Å². The van der Waals surface area contributed by atoms with Crippen molar-refractivity contribution in [3.05, 3.63) is 64.4 Å². The highest BCUT2D eigenvalue weighted by Crippen LogP contribution is 2.23. The van der Waals surface area contributed by atoms with Crippen LogP contribution in [0.25, 0.3) is 17.1 Å². The van der Waals surface area contributed by atoms with Crippen molar-refractivity contribution < 1.29 is 0 Å². The van der Waals surface area contributed by atoms with E-state index in [0.717, 1.165) is 11.3 Å². The Kier molecular flexibility index (Phi) is 3.47. The highest BCUT2D eigenvalue weighted by atomic mass is 35.5. The monoisotopic (exact) mass is 303 g/mol. The first-order chi connectivity index (χ1) is 9.63. The molecule has 0 unspecified atom stereocenters. The van der Waals surface area contributed by atoms with Gasteiger partial charge in [-0.1, -0.05) is 41.4 Å². The Balaban J connectivity index is 2.05. The number of aromatic nitrogens is 3. The van der Waals surface area contributed by atoms with Crippen molar-refractivity contribution in [2.45, 2.75) is 6.92 Å². The number of nitrogens with zero attached hydrogens (tertiary/aromatic N) is 3. The van der Waals surface area contributed by atoms with Crippen LogP contribution in [0, 0.1) is 6.92 Å². The van der Waals surface area contributed by atoms with Crippen molar-refractivity contribution in [3.63, 3.8) is 0 Å². The summed E-state index contributed by atoms with van der Waals surface area (Å²) < 4.78 is 1.61. The van der Waals surface area contributed by atoms with Crippen LogP contribution >= 0.6 is 23.2 Å². The molecule has 0 saturated carbocycles. The smallest absolute Gasteiger partial charge is 0.203 e. The van der Waals surface area contributed by atoms with Crippen molar-refractivity contribution in [2.24, 2.45) is 0 Å². The van der Waals surface area contributed by atoms with Gasteiger partial charge in [0, 0.05) is 10.6 Å². The van der Waals surface area contributed by atoms with E-state index in [9.17, 15) is 0 Å². The molecule has 0 fully saturated rings. The second-order valence-electron chi connectivity index (χ2n) is 4.46. The van der Waals surface area contributed by atoms with E-state index in [0.29, 0.717) is 16.1 Å². The van der Waals surface area contributed by atoms with Gasteiger partial charge in [-0.15, -0.1) is 5.10 Å². The summed E-state index contributed by atoms with van der Waals surface area (Å²) in [6.45, 7) is 2.03. The zero-order valence-electron chi connectivity index (χ0n) is 10.7. The minimum Gasteiger partial charge on any atom is -0.203 e. The predicted octanol–water partition coefficient (Wildman–Crippen LogP) is 4.55. The topological polar surface area (TPSA) is 30.7 Å². The molecule has 0 aliphatic heterocycles. The van der Waals surface area contributed by atoms with Crippen molar-refractivity contribution in [2.75, 3.05) is 0 Å². The molecule has 0 bridgehead atoms. The first-order valence-electron chi connectivity index (χ1n) is 6.09. The summed E-state index contributed by atoms with van der Waals surface area (Å²) in [4.78, 5) is 4.28. The Morgan fingerprint density at radius 2 is 1.75 bits per heavy atom. The molecule has 3 nitrogen and oxygen atoms in total. The first-order valence-corrected chi connectivity index (χ1v) is 6.84. The van der Waals surface area contributed by atoms with Gasteiger partial charge in [0.2, 0.25) is 5.28 Å². The standard InChI is InChI=1S/C15H11Cl2N3/c1-10-5-7-13(8-6-10)20-15(17)18-14(19-20)11-3-2-4-12(16)9-11/h2-9H,1H3. The van der Waals surface area contributed by atoms with E-state index < -0.39 is 0 Å². The molecular formula is C15H11Cl2N3. The Bertz CT molecular complexity index is 748. The van der Waals surface area contributed by atoms with Crippen molar-refractivity contribution in [3.8, 4) is 17.1 Å². The molecule has 0 aliphatic rings. The zero-order valence-corrected chi connectivity index (χ0v) is 12.2. The lowest BCUT2D eigenvalue weighted by molar-refractivity contribution is 0.882. The maximum absolute atomic E-state index is 6.17. The summed E-state index contributed by atoms with van der Waals surface area (Å²) in [6.07, 6.45) is 0. The second-order valence-corrected chi connectivity index (χ2v) is 5.24. The highest BCUT2D eigenvalue weighted by Gasteiger charge is 2.11. The quantitative estimate of drug-likeness (QED) is 0.695. The van der Waals surface area contributed by atoms with E-state index in [1.807, 2.05) is 55.5 Å². The van der Waals surface area contributed by atoms with Crippen LogP contribution in [0.4, 0.5) is 0 Å². The second kappa shape index (κ2) is 5.27. The van der Waals surface area contributed by atoms with Gasteiger partial charge in [0.1, 0.15) is 0 Å². The highest BCUT2D eigenvalue weighted by molar-refractivity contribution is 6.31. The third-order valence-corrected chi connectivity index (χ3v) is 3.41. The molecule has 0 aliphatic carbocycles. The van der Waals surface area contributed by atoms with E-state index in [4.69, 9.17) is 23.2 Å². The van der Waals surface area contributed by atoms with Gasteiger partial charge in [0.15, 0.2) is 5.82 Å². The number of hydrogen-bond donors (Lipinski definition) is 0. The number of aryl methyl sites for hydroxylation is 1. The summed E-state index contributed by atoms with van der Waals surface area (Å²) in [5, 5.41) is 5.40. The number of benzene rings is 2. The number of hydrogen-bond acceptors (Lipinski definition) is 2. The van der Waals surface area contributed by atoms with E-state index in [-0.39, 0.29) is 0 Å². The Morgan fingerprint density at radius 3 is 2.45 bits per heavy atom. The van der Waals surface area contributed by atoms with E-state index >= 15 is 0 Å². The van der Waals surface area contributed by atoms with E-state index in [2.05, 4.69) is 10.1 Å². The van der Waals surface area contributed by atoms with Crippen LogP contribution in [-0.2, 0) is 0 Å². The molecule has 20 heavy (non-hydrogen) atoms. The van der Waals surface area contributed by atoms with Gasteiger partial charge in [0.25, 0.3) is 0 Å². The average molecular weight is 304 g/mol. The third-order valence-electron chi connectivity index (χ3n) is 2.93. The molecule has 3 aromatic rings. The molecule has 5 heteroatoms.